The molecule has 2 atom stereocenters. The van der Waals surface area contributed by atoms with Crippen LogP contribution in [0.4, 0.5) is 0 Å². The van der Waals surface area contributed by atoms with Crippen molar-refractivity contribution in [1.29, 1.82) is 0 Å². The summed E-state index contributed by atoms with van der Waals surface area (Å²) in [5, 5.41) is 3.82. The van der Waals surface area contributed by atoms with E-state index in [9.17, 15) is 0 Å². The van der Waals surface area contributed by atoms with Crippen LogP contribution in [0.3, 0.4) is 0 Å². The molecular weight excluding hydrogens is 320 g/mol. The highest BCUT2D eigenvalue weighted by atomic mass is 79.9. The minimum atomic E-state index is 0.333. The molecule has 1 aliphatic heterocycles. The Labute approximate surface area is 128 Å². The highest BCUT2D eigenvalue weighted by Gasteiger charge is 2.43. The van der Waals surface area contributed by atoms with E-state index < -0.39 is 0 Å². The fourth-order valence-electron chi connectivity index (χ4n) is 3.23. The highest BCUT2D eigenvalue weighted by molar-refractivity contribution is 9.11. The maximum absolute atomic E-state index is 3.82. The smallest absolute Gasteiger partial charge is 0.0701 e. The molecule has 2 fully saturated rings. The number of hydrogen-bond donors (Lipinski definition) is 1. The third-order valence-electron chi connectivity index (χ3n) is 4.71. The van der Waals surface area contributed by atoms with Crippen LogP contribution in [-0.4, -0.2) is 29.6 Å². The molecule has 0 spiro atoms. The summed E-state index contributed by atoms with van der Waals surface area (Å²) in [4.78, 5) is 4.15. The van der Waals surface area contributed by atoms with E-state index in [4.69, 9.17) is 0 Å². The Bertz CT molecular complexity index is 443. The van der Waals surface area contributed by atoms with Crippen molar-refractivity contribution in [3.8, 4) is 0 Å². The number of thiophene rings is 1. The Kier molecular flexibility index (Phi) is 4.05. The van der Waals surface area contributed by atoms with Gasteiger partial charge < -0.3 is 5.32 Å². The summed E-state index contributed by atoms with van der Waals surface area (Å²) in [6.45, 7) is 8.26. The van der Waals surface area contributed by atoms with Crippen molar-refractivity contribution in [2.75, 3.05) is 13.1 Å². The standard InChI is InChI=1S/C15H23BrN2S/c1-11-7-8-17-15(2,12-3-4-12)10-18(11)9-13-5-6-14(16)19-13/h5-6,11-12,17H,3-4,7-10H2,1-2H3. The van der Waals surface area contributed by atoms with Gasteiger partial charge in [0, 0.05) is 29.5 Å². The van der Waals surface area contributed by atoms with Crippen LogP contribution >= 0.6 is 27.3 Å². The monoisotopic (exact) mass is 342 g/mol. The van der Waals surface area contributed by atoms with E-state index in [2.05, 4.69) is 52.1 Å². The van der Waals surface area contributed by atoms with Gasteiger partial charge in [0.05, 0.1) is 3.79 Å². The van der Waals surface area contributed by atoms with Gasteiger partial charge in [-0.25, -0.2) is 0 Å². The van der Waals surface area contributed by atoms with Crippen molar-refractivity contribution in [1.82, 2.24) is 10.2 Å². The summed E-state index contributed by atoms with van der Waals surface area (Å²) >= 11 is 5.44. The topological polar surface area (TPSA) is 15.3 Å². The number of hydrogen-bond acceptors (Lipinski definition) is 3. The molecule has 3 rings (SSSR count). The average Bonchev–Trinajstić information content (AvgIpc) is 3.14. The Morgan fingerprint density at radius 3 is 2.84 bits per heavy atom. The Morgan fingerprint density at radius 1 is 1.42 bits per heavy atom. The lowest BCUT2D eigenvalue weighted by Gasteiger charge is -2.35. The van der Waals surface area contributed by atoms with Gasteiger partial charge in [0.1, 0.15) is 0 Å². The molecule has 19 heavy (non-hydrogen) atoms. The van der Waals surface area contributed by atoms with Crippen molar-refractivity contribution >= 4 is 27.3 Å². The maximum atomic E-state index is 3.82. The number of nitrogens with zero attached hydrogens (tertiary/aromatic N) is 1. The zero-order valence-electron chi connectivity index (χ0n) is 11.8. The first-order chi connectivity index (χ1) is 9.07. The van der Waals surface area contributed by atoms with Gasteiger partial charge in [-0.15, -0.1) is 11.3 Å². The molecule has 1 aromatic heterocycles. The molecule has 106 valence electrons. The summed E-state index contributed by atoms with van der Waals surface area (Å²) < 4.78 is 1.24. The first-order valence-electron chi connectivity index (χ1n) is 7.30. The lowest BCUT2D eigenvalue weighted by molar-refractivity contribution is 0.156. The van der Waals surface area contributed by atoms with Crippen LogP contribution in [0.2, 0.25) is 0 Å². The molecule has 2 unspecified atom stereocenters. The van der Waals surface area contributed by atoms with Gasteiger partial charge in [0.25, 0.3) is 0 Å². The second kappa shape index (κ2) is 5.47. The molecule has 1 aliphatic carbocycles. The normalized spacial score (nSPS) is 33.3. The van der Waals surface area contributed by atoms with Crippen LogP contribution in [0.5, 0.6) is 0 Å². The number of halogens is 1. The summed E-state index contributed by atoms with van der Waals surface area (Å²) in [6, 6.07) is 5.10. The molecule has 2 heterocycles. The molecule has 4 heteroatoms. The van der Waals surface area contributed by atoms with Crippen LogP contribution in [0.1, 0.15) is 38.0 Å². The zero-order chi connectivity index (χ0) is 13.5. The number of nitrogens with one attached hydrogen (secondary N) is 1. The molecule has 0 aromatic carbocycles. The van der Waals surface area contributed by atoms with E-state index >= 15 is 0 Å². The molecule has 0 amide bonds. The van der Waals surface area contributed by atoms with E-state index in [1.807, 2.05) is 11.3 Å². The second-order valence-electron chi connectivity index (χ2n) is 6.37. The van der Waals surface area contributed by atoms with E-state index in [1.165, 1.54) is 41.0 Å². The van der Waals surface area contributed by atoms with Crippen molar-refractivity contribution in [3.63, 3.8) is 0 Å². The van der Waals surface area contributed by atoms with E-state index in [1.54, 1.807) is 0 Å². The van der Waals surface area contributed by atoms with Gasteiger partial charge in [-0.05, 0) is 73.6 Å². The molecule has 2 nitrogen and oxygen atoms in total. The quantitative estimate of drug-likeness (QED) is 0.896. The Hall–Kier alpha value is 0.1000. The van der Waals surface area contributed by atoms with Crippen LogP contribution in [0.15, 0.2) is 15.9 Å². The fourth-order valence-corrected chi connectivity index (χ4v) is 4.73. The minimum absolute atomic E-state index is 0.333. The van der Waals surface area contributed by atoms with Gasteiger partial charge in [0.15, 0.2) is 0 Å². The maximum Gasteiger partial charge on any atom is 0.0701 e. The van der Waals surface area contributed by atoms with Gasteiger partial charge in [-0.2, -0.15) is 0 Å². The third kappa shape index (κ3) is 3.23. The minimum Gasteiger partial charge on any atom is -0.310 e. The first-order valence-corrected chi connectivity index (χ1v) is 8.91. The largest absolute Gasteiger partial charge is 0.310 e. The van der Waals surface area contributed by atoms with Crippen LogP contribution in [-0.2, 0) is 6.54 Å². The van der Waals surface area contributed by atoms with Crippen molar-refractivity contribution in [2.24, 2.45) is 5.92 Å². The predicted molar refractivity (Wildman–Crippen MR) is 85.6 cm³/mol. The molecule has 0 radical (unpaired) electrons. The number of rotatable bonds is 3. The second-order valence-corrected chi connectivity index (χ2v) is 8.91. The lowest BCUT2D eigenvalue weighted by atomic mass is 9.95. The van der Waals surface area contributed by atoms with Gasteiger partial charge in [0.2, 0.25) is 0 Å². The highest BCUT2D eigenvalue weighted by Crippen LogP contribution is 2.41. The van der Waals surface area contributed by atoms with Crippen molar-refractivity contribution in [2.45, 2.75) is 51.2 Å². The van der Waals surface area contributed by atoms with Crippen LogP contribution in [0.25, 0.3) is 0 Å². The van der Waals surface area contributed by atoms with Gasteiger partial charge in [-0.3, -0.25) is 4.90 Å². The molecule has 0 bridgehead atoms. The van der Waals surface area contributed by atoms with E-state index in [-0.39, 0.29) is 0 Å². The molecule has 1 aromatic rings. The summed E-state index contributed by atoms with van der Waals surface area (Å²) in [5.41, 5.74) is 0.333. The molecule has 2 aliphatic rings. The third-order valence-corrected chi connectivity index (χ3v) is 6.32. The van der Waals surface area contributed by atoms with E-state index in [0.717, 1.165) is 12.5 Å². The summed E-state index contributed by atoms with van der Waals surface area (Å²) in [5.74, 6) is 0.898. The molecule has 1 saturated carbocycles. The Morgan fingerprint density at radius 2 is 2.21 bits per heavy atom. The molecule has 1 saturated heterocycles. The van der Waals surface area contributed by atoms with Crippen molar-refractivity contribution in [3.05, 3.63) is 20.8 Å². The van der Waals surface area contributed by atoms with Crippen LogP contribution in [0, 0.1) is 5.92 Å². The average molecular weight is 343 g/mol. The summed E-state index contributed by atoms with van der Waals surface area (Å²) in [7, 11) is 0. The van der Waals surface area contributed by atoms with Crippen molar-refractivity contribution < 1.29 is 0 Å². The molecule has 1 N–H and O–H groups in total. The summed E-state index contributed by atoms with van der Waals surface area (Å²) in [6.07, 6.45) is 4.08. The van der Waals surface area contributed by atoms with Gasteiger partial charge in [-0.1, -0.05) is 0 Å². The van der Waals surface area contributed by atoms with E-state index in [0.29, 0.717) is 11.6 Å². The first kappa shape index (κ1) is 14.1. The Balaban J connectivity index is 1.73. The zero-order valence-corrected chi connectivity index (χ0v) is 14.2. The van der Waals surface area contributed by atoms with Crippen LogP contribution < -0.4 is 5.32 Å². The lowest BCUT2D eigenvalue weighted by Crippen LogP contribution is -2.51. The fraction of sp³-hybridized carbons (Fsp3) is 0.733. The predicted octanol–water partition coefficient (Wildman–Crippen LogP) is 3.86. The molecular formula is C15H23BrN2S. The van der Waals surface area contributed by atoms with Gasteiger partial charge >= 0.3 is 0 Å². The SMILES string of the molecule is CC1CCNC(C)(C2CC2)CN1Cc1ccc(Br)s1.